The molecule has 0 fully saturated rings. The van der Waals surface area contributed by atoms with Crippen LogP contribution >= 0.6 is 11.6 Å². The van der Waals surface area contributed by atoms with E-state index >= 15 is 0 Å². The van der Waals surface area contributed by atoms with Gasteiger partial charge in [-0.2, -0.15) is 0 Å². The highest BCUT2D eigenvalue weighted by molar-refractivity contribution is 6.31. The van der Waals surface area contributed by atoms with Crippen LogP contribution in [0, 0.1) is 5.82 Å². The van der Waals surface area contributed by atoms with Gasteiger partial charge in [-0.1, -0.05) is 11.6 Å². The summed E-state index contributed by atoms with van der Waals surface area (Å²) in [7, 11) is 1.50. The molecular formula is C16H15ClFNO3. The standard InChI is InChI=1S/C16H15ClFNO3/c1-3-22-14-7-5-11(9-15(14)21-2)19-16(20)12-8-10(17)4-6-13(12)18/h4-9H,3H2,1-2H3,(H,19,20). The van der Waals surface area contributed by atoms with Crippen molar-refractivity contribution in [2.24, 2.45) is 0 Å². The van der Waals surface area contributed by atoms with Gasteiger partial charge in [0.2, 0.25) is 0 Å². The molecule has 116 valence electrons. The lowest BCUT2D eigenvalue weighted by Crippen LogP contribution is -2.14. The zero-order valence-electron chi connectivity index (χ0n) is 12.2. The second-order valence-electron chi connectivity index (χ2n) is 4.38. The van der Waals surface area contributed by atoms with E-state index in [0.717, 1.165) is 6.07 Å². The van der Waals surface area contributed by atoms with E-state index in [1.165, 1.54) is 19.2 Å². The van der Waals surface area contributed by atoms with Crippen LogP contribution in [-0.4, -0.2) is 19.6 Å². The lowest BCUT2D eigenvalue weighted by Gasteiger charge is -2.12. The molecule has 4 nitrogen and oxygen atoms in total. The molecule has 0 saturated carbocycles. The summed E-state index contributed by atoms with van der Waals surface area (Å²) in [4.78, 5) is 12.1. The number of anilines is 1. The maximum atomic E-state index is 13.7. The first-order chi connectivity index (χ1) is 10.5. The van der Waals surface area contributed by atoms with Gasteiger partial charge < -0.3 is 14.8 Å². The summed E-state index contributed by atoms with van der Waals surface area (Å²) in [5, 5.41) is 2.88. The van der Waals surface area contributed by atoms with Crippen LogP contribution in [0.15, 0.2) is 36.4 Å². The van der Waals surface area contributed by atoms with Gasteiger partial charge in [0.05, 0.1) is 19.3 Å². The van der Waals surface area contributed by atoms with Crippen molar-refractivity contribution in [1.29, 1.82) is 0 Å². The third-order valence-electron chi connectivity index (χ3n) is 2.89. The molecule has 0 spiro atoms. The molecule has 0 aliphatic carbocycles. The van der Waals surface area contributed by atoms with Gasteiger partial charge >= 0.3 is 0 Å². The first-order valence-corrected chi connectivity index (χ1v) is 7.00. The van der Waals surface area contributed by atoms with Crippen molar-refractivity contribution in [3.63, 3.8) is 0 Å². The first kappa shape index (κ1) is 16.1. The Morgan fingerprint density at radius 1 is 1.23 bits per heavy atom. The Hall–Kier alpha value is -2.27. The van der Waals surface area contributed by atoms with E-state index in [4.69, 9.17) is 21.1 Å². The van der Waals surface area contributed by atoms with Gasteiger partial charge in [-0.05, 0) is 37.3 Å². The van der Waals surface area contributed by atoms with Crippen molar-refractivity contribution in [2.45, 2.75) is 6.92 Å². The number of nitrogens with one attached hydrogen (secondary N) is 1. The third kappa shape index (κ3) is 3.68. The molecule has 6 heteroatoms. The normalized spacial score (nSPS) is 10.2. The summed E-state index contributed by atoms with van der Waals surface area (Å²) in [5.74, 6) is -0.186. The summed E-state index contributed by atoms with van der Waals surface area (Å²) in [6.45, 7) is 2.35. The Balaban J connectivity index is 2.23. The third-order valence-corrected chi connectivity index (χ3v) is 3.13. The maximum Gasteiger partial charge on any atom is 0.258 e. The summed E-state index contributed by atoms with van der Waals surface area (Å²) in [6.07, 6.45) is 0. The Morgan fingerprint density at radius 2 is 2.00 bits per heavy atom. The number of halogens is 2. The fourth-order valence-electron chi connectivity index (χ4n) is 1.89. The van der Waals surface area contributed by atoms with Crippen LogP contribution in [0.2, 0.25) is 5.02 Å². The minimum atomic E-state index is -0.639. The molecule has 0 bridgehead atoms. The number of carbonyl (C=O) groups is 1. The average Bonchev–Trinajstić information content (AvgIpc) is 2.51. The Bertz CT molecular complexity index is 691. The molecule has 0 aromatic heterocycles. The van der Waals surface area contributed by atoms with Gasteiger partial charge in [-0.3, -0.25) is 4.79 Å². The second kappa shape index (κ2) is 7.13. The van der Waals surface area contributed by atoms with Gasteiger partial charge in [0.15, 0.2) is 11.5 Å². The Labute approximate surface area is 132 Å². The number of ether oxygens (including phenoxy) is 2. The maximum absolute atomic E-state index is 13.7. The largest absolute Gasteiger partial charge is 0.493 e. The van der Waals surface area contributed by atoms with Crippen LogP contribution in [0.25, 0.3) is 0 Å². The zero-order chi connectivity index (χ0) is 16.1. The van der Waals surface area contributed by atoms with Crippen molar-refractivity contribution >= 4 is 23.2 Å². The van der Waals surface area contributed by atoms with Crippen LogP contribution in [0.3, 0.4) is 0 Å². The molecule has 1 amide bonds. The van der Waals surface area contributed by atoms with Crippen LogP contribution in [0.5, 0.6) is 11.5 Å². The SMILES string of the molecule is CCOc1ccc(NC(=O)c2cc(Cl)ccc2F)cc1OC. The van der Waals surface area contributed by atoms with Crippen LogP contribution < -0.4 is 14.8 Å². The van der Waals surface area contributed by atoms with E-state index < -0.39 is 11.7 Å². The number of methoxy groups -OCH3 is 1. The Morgan fingerprint density at radius 3 is 2.68 bits per heavy atom. The van der Waals surface area contributed by atoms with E-state index in [2.05, 4.69) is 5.32 Å². The molecule has 0 saturated heterocycles. The zero-order valence-corrected chi connectivity index (χ0v) is 12.9. The molecule has 2 aromatic carbocycles. The highest BCUT2D eigenvalue weighted by atomic mass is 35.5. The van der Waals surface area contributed by atoms with E-state index in [1.807, 2.05) is 6.92 Å². The quantitative estimate of drug-likeness (QED) is 0.899. The summed E-state index contributed by atoms with van der Waals surface area (Å²) in [6, 6.07) is 8.73. The van der Waals surface area contributed by atoms with Gasteiger partial charge in [-0.25, -0.2) is 4.39 Å². The van der Waals surface area contributed by atoms with Crippen molar-refractivity contribution in [3.05, 3.63) is 52.8 Å². The molecule has 22 heavy (non-hydrogen) atoms. The monoisotopic (exact) mass is 323 g/mol. The molecule has 0 atom stereocenters. The average molecular weight is 324 g/mol. The lowest BCUT2D eigenvalue weighted by atomic mass is 10.2. The van der Waals surface area contributed by atoms with Crippen molar-refractivity contribution < 1.29 is 18.7 Å². The van der Waals surface area contributed by atoms with Gasteiger partial charge in [-0.15, -0.1) is 0 Å². The summed E-state index contributed by atoms with van der Waals surface area (Å²) in [5.41, 5.74) is 0.338. The molecule has 2 aromatic rings. The number of benzene rings is 2. The smallest absolute Gasteiger partial charge is 0.258 e. The van der Waals surface area contributed by atoms with Gasteiger partial charge in [0.1, 0.15) is 5.82 Å². The van der Waals surface area contributed by atoms with Crippen molar-refractivity contribution in [3.8, 4) is 11.5 Å². The van der Waals surface area contributed by atoms with E-state index in [9.17, 15) is 9.18 Å². The van der Waals surface area contributed by atoms with Crippen LogP contribution in [0.1, 0.15) is 17.3 Å². The topological polar surface area (TPSA) is 47.6 Å². The lowest BCUT2D eigenvalue weighted by molar-refractivity contribution is 0.102. The highest BCUT2D eigenvalue weighted by Gasteiger charge is 2.14. The fourth-order valence-corrected chi connectivity index (χ4v) is 2.06. The summed E-state index contributed by atoms with van der Waals surface area (Å²) >= 11 is 5.78. The molecule has 1 N–H and O–H groups in total. The van der Waals surface area contributed by atoms with Gasteiger partial charge in [0.25, 0.3) is 5.91 Å². The van der Waals surface area contributed by atoms with Crippen LogP contribution in [-0.2, 0) is 0 Å². The minimum Gasteiger partial charge on any atom is -0.493 e. The number of amides is 1. The number of rotatable bonds is 5. The minimum absolute atomic E-state index is 0.125. The molecule has 0 aliphatic rings. The van der Waals surface area contributed by atoms with Crippen molar-refractivity contribution in [1.82, 2.24) is 0 Å². The van der Waals surface area contributed by atoms with Crippen molar-refractivity contribution in [2.75, 3.05) is 19.0 Å². The highest BCUT2D eigenvalue weighted by Crippen LogP contribution is 2.30. The molecular weight excluding hydrogens is 309 g/mol. The van der Waals surface area contributed by atoms with E-state index in [-0.39, 0.29) is 10.6 Å². The molecule has 0 radical (unpaired) electrons. The second-order valence-corrected chi connectivity index (χ2v) is 4.81. The van der Waals surface area contributed by atoms with Crippen LogP contribution in [0.4, 0.5) is 10.1 Å². The molecule has 0 aliphatic heterocycles. The molecule has 0 heterocycles. The van der Waals surface area contributed by atoms with E-state index in [0.29, 0.717) is 23.8 Å². The molecule has 2 rings (SSSR count). The number of hydrogen-bond donors (Lipinski definition) is 1. The molecule has 0 unspecified atom stereocenters. The fraction of sp³-hybridized carbons (Fsp3) is 0.188. The Kier molecular flexibility index (Phi) is 5.22. The number of carbonyl (C=O) groups excluding carboxylic acids is 1. The van der Waals surface area contributed by atoms with Gasteiger partial charge in [0, 0.05) is 16.8 Å². The first-order valence-electron chi connectivity index (χ1n) is 6.62. The van der Waals surface area contributed by atoms with E-state index in [1.54, 1.807) is 18.2 Å². The predicted molar refractivity (Wildman–Crippen MR) is 83.5 cm³/mol. The number of hydrogen-bond acceptors (Lipinski definition) is 3. The predicted octanol–water partition coefficient (Wildman–Crippen LogP) is 4.14. The summed E-state index contributed by atoms with van der Waals surface area (Å²) < 4.78 is 24.3.